The molecule has 2 N–H and O–H groups in total. The van der Waals surface area contributed by atoms with Crippen molar-refractivity contribution in [3.8, 4) is 0 Å². The van der Waals surface area contributed by atoms with Crippen molar-refractivity contribution in [2.75, 3.05) is 28.6 Å². The van der Waals surface area contributed by atoms with E-state index in [0.29, 0.717) is 16.9 Å². The number of benzene rings is 2. The SMILES string of the molecule is O=C1CC(C(=O)Nc2cccc(N3CCCCC3)c2)c2ccc(F)cc2N1. The highest BCUT2D eigenvalue weighted by Gasteiger charge is 2.31. The second kappa shape index (κ2) is 7.39. The molecule has 5 nitrogen and oxygen atoms in total. The highest BCUT2D eigenvalue weighted by Crippen LogP contribution is 2.34. The fourth-order valence-corrected chi connectivity index (χ4v) is 3.83. The summed E-state index contributed by atoms with van der Waals surface area (Å²) in [6.45, 7) is 2.05. The van der Waals surface area contributed by atoms with Crippen LogP contribution in [0.5, 0.6) is 0 Å². The van der Waals surface area contributed by atoms with Gasteiger partial charge in [-0.25, -0.2) is 4.39 Å². The number of fused-ring (bicyclic) bond motifs is 1. The molecule has 0 aliphatic carbocycles. The topological polar surface area (TPSA) is 61.4 Å². The van der Waals surface area contributed by atoms with Crippen LogP contribution < -0.4 is 15.5 Å². The summed E-state index contributed by atoms with van der Waals surface area (Å²) < 4.78 is 13.5. The Balaban J connectivity index is 1.53. The molecule has 2 aliphatic heterocycles. The Labute approximate surface area is 157 Å². The summed E-state index contributed by atoms with van der Waals surface area (Å²) in [4.78, 5) is 27.1. The van der Waals surface area contributed by atoms with Crippen molar-refractivity contribution in [1.29, 1.82) is 0 Å². The summed E-state index contributed by atoms with van der Waals surface area (Å²) in [6.07, 6.45) is 3.68. The molecule has 4 rings (SSSR count). The van der Waals surface area contributed by atoms with Crippen LogP contribution in [0.2, 0.25) is 0 Å². The molecule has 1 saturated heterocycles. The molecule has 27 heavy (non-hydrogen) atoms. The molecule has 0 bridgehead atoms. The van der Waals surface area contributed by atoms with Crippen LogP contribution in [0.15, 0.2) is 42.5 Å². The normalized spacial score (nSPS) is 19.2. The molecule has 1 unspecified atom stereocenters. The number of amides is 2. The number of hydrogen-bond acceptors (Lipinski definition) is 3. The third-order valence-electron chi connectivity index (χ3n) is 5.21. The molecule has 1 fully saturated rings. The Hall–Kier alpha value is -2.89. The monoisotopic (exact) mass is 367 g/mol. The van der Waals surface area contributed by atoms with Gasteiger partial charge in [-0.2, -0.15) is 0 Å². The van der Waals surface area contributed by atoms with E-state index in [-0.39, 0.29) is 18.2 Å². The minimum atomic E-state index is -0.631. The van der Waals surface area contributed by atoms with Crippen molar-refractivity contribution in [3.63, 3.8) is 0 Å². The van der Waals surface area contributed by atoms with Crippen molar-refractivity contribution in [3.05, 3.63) is 53.8 Å². The van der Waals surface area contributed by atoms with E-state index in [2.05, 4.69) is 15.5 Å². The number of hydrogen-bond donors (Lipinski definition) is 2. The van der Waals surface area contributed by atoms with E-state index in [1.165, 1.54) is 31.4 Å². The molecular formula is C21H22FN3O2. The van der Waals surface area contributed by atoms with E-state index < -0.39 is 11.7 Å². The molecule has 2 amide bonds. The van der Waals surface area contributed by atoms with Gasteiger partial charge in [0.2, 0.25) is 11.8 Å². The van der Waals surface area contributed by atoms with Crippen LogP contribution in [0.4, 0.5) is 21.5 Å². The zero-order valence-electron chi connectivity index (χ0n) is 15.0. The molecule has 140 valence electrons. The molecule has 0 spiro atoms. The first kappa shape index (κ1) is 17.5. The van der Waals surface area contributed by atoms with Crippen molar-refractivity contribution < 1.29 is 14.0 Å². The van der Waals surface area contributed by atoms with E-state index in [1.54, 1.807) is 6.07 Å². The predicted octanol–water partition coefficient (Wildman–Crippen LogP) is 3.88. The van der Waals surface area contributed by atoms with Crippen LogP contribution in [0.25, 0.3) is 0 Å². The largest absolute Gasteiger partial charge is 0.371 e. The number of rotatable bonds is 3. The molecule has 0 saturated carbocycles. The van der Waals surface area contributed by atoms with Gasteiger partial charge in [0.05, 0.1) is 5.92 Å². The predicted molar refractivity (Wildman–Crippen MR) is 104 cm³/mol. The van der Waals surface area contributed by atoms with Gasteiger partial charge in [-0.15, -0.1) is 0 Å². The molecule has 1 atom stereocenters. The van der Waals surface area contributed by atoms with Crippen LogP contribution in [-0.2, 0) is 9.59 Å². The highest BCUT2D eigenvalue weighted by molar-refractivity contribution is 6.05. The van der Waals surface area contributed by atoms with Gasteiger partial charge in [-0.1, -0.05) is 12.1 Å². The average molecular weight is 367 g/mol. The van der Waals surface area contributed by atoms with Crippen LogP contribution >= 0.6 is 0 Å². The van der Waals surface area contributed by atoms with Gasteiger partial charge in [0.1, 0.15) is 5.82 Å². The number of carbonyl (C=O) groups excluding carboxylic acids is 2. The lowest BCUT2D eigenvalue weighted by Crippen LogP contribution is -2.31. The highest BCUT2D eigenvalue weighted by atomic mass is 19.1. The maximum Gasteiger partial charge on any atom is 0.232 e. The first-order chi connectivity index (χ1) is 13.1. The number of nitrogens with zero attached hydrogens (tertiary/aromatic N) is 1. The minimum Gasteiger partial charge on any atom is -0.371 e. The Morgan fingerprint density at radius 1 is 1.11 bits per heavy atom. The Kier molecular flexibility index (Phi) is 4.79. The quantitative estimate of drug-likeness (QED) is 0.865. The van der Waals surface area contributed by atoms with E-state index in [1.807, 2.05) is 24.3 Å². The van der Waals surface area contributed by atoms with Crippen molar-refractivity contribution in [2.45, 2.75) is 31.6 Å². The average Bonchev–Trinajstić information content (AvgIpc) is 2.68. The van der Waals surface area contributed by atoms with Gasteiger partial charge in [0.15, 0.2) is 0 Å². The van der Waals surface area contributed by atoms with Crippen LogP contribution in [0.1, 0.15) is 37.2 Å². The molecule has 2 aromatic rings. The van der Waals surface area contributed by atoms with Crippen LogP contribution in [-0.4, -0.2) is 24.9 Å². The molecule has 0 radical (unpaired) electrons. The summed E-state index contributed by atoms with van der Waals surface area (Å²) in [6, 6.07) is 11.9. The van der Waals surface area contributed by atoms with Gasteiger partial charge in [0, 0.05) is 36.6 Å². The summed E-state index contributed by atoms with van der Waals surface area (Å²) in [5, 5.41) is 5.56. The zero-order chi connectivity index (χ0) is 18.8. The van der Waals surface area contributed by atoms with Gasteiger partial charge < -0.3 is 15.5 Å². The standard InChI is InChI=1S/C21H22FN3O2/c22-14-7-8-17-18(13-20(26)24-19(17)11-14)21(27)23-15-5-4-6-16(12-15)25-9-2-1-3-10-25/h4-8,11-12,18H,1-3,9-10,13H2,(H,23,27)(H,24,26). The van der Waals surface area contributed by atoms with Gasteiger partial charge >= 0.3 is 0 Å². The molecule has 2 aliphatic rings. The summed E-state index contributed by atoms with van der Waals surface area (Å²) >= 11 is 0. The molecule has 0 aromatic heterocycles. The van der Waals surface area contributed by atoms with E-state index in [4.69, 9.17) is 0 Å². The van der Waals surface area contributed by atoms with Crippen molar-refractivity contribution >= 4 is 28.9 Å². The van der Waals surface area contributed by atoms with Crippen molar-refractivity contribution in [1.82, 2.24) is 0 Å². The van der Waals surface area contributed by atoms with Gasteiger partial charge in [-0.05, 0) is 55.2 Å². The molecular weight excluding hydrogens is 345 g/mol. The zero-order valence-corrected chi connectivity index (χ0v) is 15.0. The summed E-state index contributed by atoms with van der Waals surface area (Å²) in [5.41, 5.74) is 2.81. The van der Waals surface area contributed by atoms with E-state index in [9.17, 15) is 14.0 Å². The van der Waals surface area contributed by atoms with Crippen LogP contribution in [0.3, 0.4) is 0 Å². The van der Waals surface area contributed by atoms with Gasteiger partial charge in [-0.3, -0.25) is 9.59 Å². The molecule has 6 heteroatoms. The lowest BCUT2D eigenvalue weighted by molar-refractivity contribution is -0.123. The lowest BCUT2D eigenvalue weighted by Gasteiger charge is -2.29. The maximum absolute atomic E-state index is 13.5. The lowest BCUT2D eigenvalue weighted by atomic mass is 9.89. The first-order valence-electron chi connectivity index (χ1n) is 9.35. The summed E-state index contributed by atoms with van der Waals surface area (Å²) in [7, 11) is 0. The van der Waals surface area contributed by atoms with E-state index >= 15 is 0 Å². The number of carbonyl (C=O) groups is 2. The second-order valence-electron chi connectivity index (χ2n) is 7.12. The Morgan fingerprint density at radius 2 is 1.93 bits per heavy atom. The van der Waals surface area contributed by atoms with Crippen molar-refractivity contribution in [2.24, 2.45) is 0 Å². The first-order valence-corrected chi connectivity index (χ1v) is 9.35. The fraction of sp³-hybridized carbons (Fsp3) is 0.333. The van der Waals surface area contributed by atoms with Gasteiger partial charge in [0.25, 0.3) is 0 Å². The van der Waals surface area contributed by atoms with Crippen LogP contribution in [0, 0.1) is 5.82 Å². The second-order valence-corrected chi connectivity index (χ2v) is 7.12. The molecule has 2 heterocycles. The number of piperidine rings is 1. The third-order valence-corrected chi connectivity index (χ3v) is 5.21. The molecule has 2 aromatic carbocycles. The maximum atomic E-state index is 13.5. The minimum absolute atomic E-state index is 0.0519. The van der Waals surface area contributed by atoms with E-state index in [0.717, 1.165) is 18.8 Å². The number of anilines is 3. The fourth-order valence-electron chi connectivity index (χ4n) is 3.83. The number of nitrogens with one attached hydrogen (secondary N) is 2. The Morgan fingerprint density at radius 3 is 2.74 bits per heavy atom. The smallest absolute Gasteiger partial charge is 0.232 e. The summed E-state index contributed by atoms with van der Waals surface area (Å²) in [5.74, 6) is -1.61. The number of halogens is 1. The third kappa shape index (κ3) is 3.79. The Bertz CT molecular complexity index is 877.